The molecular formula is C10H16. The number of fused-ring (bicyclic) bond motifs is 1. The van der Waals surface area contributed by atoms with Gasteiger partial charge in [-0.05, 0) is 37.0 Å². The SMILES string of the molecule is CC1C=CCC2CCCC12. The fourth-order valence-corrected chi connectivity index (χ4v) is 2.66. The zero-order valence-corrected chi connectivity index (χ0v) is 6.72. The summed E-state index contributed by atoms with van der Waals surface area (Å²) in [5.41, 5.74) is 0. The Bertz CT molecular complexity index is 146. The normalized spacial score (nSPS) is 45.5. The number of hydrogen-bond donors (Lipinski definition) is 0. The van der Waals surface area contributed by atoms with Crippen molar-refractivity contribution >= 4 is 0 Å². The minimum absolute atomic E-state index is 0.876. The average molecular weight is 136 g/mol. The van der Waals surface area contributed by atoms with Gasteiger partial charge in [0.1, 0.15) is 0 Å². The Morgan fingerprint density at radius 2 is 2.20 bits per heavy atom. The zero-order chi connectivity index (χ0) is 6.97. The molecule has 0 aliphatic heterocycles. The third kappa shape index (κ3) is 0.902. The van der Waals surface area contributed by atoms with Crippen molar-refractivity contribution in [3.63, 3.8) is 0 Å². The van der Waals surface area contributed by atoms with E-state index in [0.717, 1.165) is 17.8 Å². The molecular weight excluding hydrogens is 120 g/mol. The van der Waals surface area contributed by atoms with Gasteiger partial charge in [0.05, 0.1) is 0 Å². The van der Waals surface area contributed by atoms with Crippen molar-refractivity contribution in [2.24, 2.45) is 17.8 Å². The monoisotopic (exact) mass is 136 g/mol. The smallest absolute Gasteiger partial charge is 0.0231 e. The van der Waals surface area contributed by atoms with Gasteiger partial charge in [-0.25, -0.2) is 0 Å². The van der Waals surface area contributed by atoms with Crippen LogP contribution in [-0.2, 0) is 0 Å². The van der Waals surface area contributed by atoms with E-state index >= 15 is 0 Å². The molecule has 56 valence electrons. The largest absolute Gasteiger partial charge is 0.0880 e. The van der Waals surface area contributed by atoms with Crippen LogP contribution in [0.4, 0.5) is 0 Å². The summed E-state index contributed by atoms with van der Waals surface area (Å²) >= 11 is 0. The molecule has 0 aromatic carbocycles. The Hall–Kier alpha value is -0.260. The van der Waals surface area contributed by atoms with E-state index in [9.17, 15) is 0 Å². The number of hydrogen-bond acceptors (Lipinski definition) is 0. The molecule has 2 rings (SSSR count). The third-order valence-corrected chi connectivity index (χ3v) is 3.27. The molecule has 0 spiro atoms. The first kappa shape index (κ1) is 6.45. The number of allylic oxidation sites excluding steroid dienone is 2. The molecule has 0 aromatic heterocycles. The minimum atomic E-state index is 0.876. The highest BCUT2D eigenvalue weighted by Gasteiger charge is 2.31. The maximum atomic E-state index is 2.41. The lowest BCUT2D eigenvalue weighted by atomic mass is 9.79. The van der Waals surface area contributed by atoms with Gasteiger partial charge in [0.25, 0.3) is 0 Å². The van der Waals surface area contributed by atoms with Gasteiger partial charge in [0, 0.05) is 0 Å². The van der Waals surface area contributed by atoms with Crippen molar-refractivity contribution in [2.75, 3.05) is 0 Å². The van der Waals surface area contributed by atoms with Crippen LogP contribution in [0.1, 0.15) is 32.6 Å². The highest BCUT2D eigenvalue weighted by Crippen LogP contribution is 2.42. The van der Waals surface area contributed by atoms with Gasteiger partial charge >= 0.3 is 0 Å². The van der Waals surface area contributed by atoms with Crippen LogP contribution in [0, 0.1) is 17.8 Å². The van der Waals surface area contributed by atoms with Crippen LogP contribution < -0.4 is 0 Å². The molecule has 0 amide bonds. The molecule has 0 heterocycles. The summed E-state index contributed by atoms with van der Waals surface area (Å²) in [5.74, 6) is 2.98. The quantitative estimate of drug-likeness (QED) is 0.449. The van der Waals surface area contributed by atoms with Crippen LogP contribution >= 0.6 is 0 Å². The van der Waals surface area contributed by atoms with Crippen molar-refractivity contribution in [1.82, 2.24) is 0 Å². The molecule has 10 heavy (non-hydrogen) atoms. The zero-order valence-electron chi connectivity index (χ0n) is 6.72. The molecule has 1 fully saturated rings. The molecule has 0 bridgehead atoms. The standard InChI is InChI=1S/C10H16/c1-8-4-2-5-9-6-3-7-10(8)9/h2,4,8-10H,3,5-7H2,1H3. The molecule has 3 atom stereocenters. The van der Waals surface area contributed by atoms with Crippen LogP contribution in [-0.4, -0.2) is 0 Å². The van der Waals surface area contributed by atoms with Gasteiger partial charge in [-0.3, -0.25) is 0 Å². The Morgan fingerprint density at radius 3 is 3.00 bits per heavy atom. The molecule has 0 heteroatoms. The summed E-state index contributed by atoms with van der Waals surface area (Å²) in [4.78, 5) is 0. The topological polar surface area (TPSA) is 0 Å². The Balaban J connectivity index is 2.13. The lowest BCUT2D eigenvalue weighted by molar-refractivity contribution is 0.305. The second-order valence-electron chi connectivity index (χ2n) is 3.88. The van der Waals surface area contributed by atoms with Crippen LogP contribution in [0.2, 0.25) is 0 Å². The second kappa shape index (κ2) is 2.41. The summed E-state index contributed by atoms with van der Waals surface area (Å²) in [6.45, 7) is 2.37. The van der Waals surface area contributed by atoms with Gasteiger partial charge < -0.3 is 0 Å². The Kier molecular flexibility index (Phi) is 1.55. The third-order valence-electron chi connectivity index (χ3n) is 3.27. The van der Waals surface area contributed by atoms with Crippen molar-refractivity contribution in [3.8, 4) is 0 Å². The second-order valence-corrected chi connectivity index (χ2v) is 3.88. The van der Waals surface area contributed by atoms with E-state index in [1.54, 1.807) is 0 Å². The van der Waals surface area contributed by atoms with E-state index in [1.807, 2.05) is 0 Å². The van der Waals surface area contributed by atoms with E-state index in [0.29, 0.717) is 0 Å². The van der Waals surface area contributed by atoms with Gasteiger partial charge in [0.2, 0.25) is 0 Å². The molecule has 0 radical (unpaired) electrons. The van der Waals surface area contributed by atoms with Gasteiger partial charge in [-0.2, -0.15) is 0 Å². The van der Waals surface area contributed by atoms with Crippen molar-refractivity contribution in [3.05, 3.63) is 12.2 Å². The first-order valence-electron chi connectivity index (χ1n) is 4.54. The van der Waals surface area contributed by atoms with E-state index in [2.05, 4.69) is 19.1 Å². The van der Waals surface area contributed by atoms with E-state index in [-0.39, 0.29) is 0 Å². The summed E-state index contributed by atoms with van der Waals surface area (Å²) in [6, 6.07) is 0. The van der Waals surface area contributed by atoms with E-state index < -0.39 is 0 Å². The van der Waals surface area contributed by atoms with Crippen molar-refractivity contribution in [2.45, 2.75) is 32.6 Å². The molecule has 1 saturated carbocycles. The van der Waals surface area contributed by atoms with Crippen LogP contribution in [0.3, 0.4) is 0 Å². The minimum Gasteiger partial charge on any atom is -0.0880 e. The van der Waals surface area contributed by atoms with Gasteiger partial charge in [-0.1, -0.05) is 25.5 Å². The fraction of sp³-hybridized carbons (Fsp3) is 0.800. The average Bonchev–Trinajstić information content (AvgIpc) is 2.36. The van der Waals surface area contributed by atoms with Crippen molar-refractivity contribution in [1.29, 1.82) is 0 Å². The first-order valence-corrected chi connectivity index (χ1v) is 4.54. The van der Waals surface area contributed by atoms with Gasteiger partial charge in [-0.15, -0.1) is 0 Å². The van der Waals surface area contributed by atoms with E-state index in [1.165, 1.54) is 25.7 Å². The lowest BCUT2D eigenvalue weighted by Crippen LogP contribution is -2.17. The fourth-order valence-electron chi connectivity index (χ4n) is 2.66. The van der Waals surface area contributed by atoms with E-state index in [4.69, 9.17) is 0 Å². The Labute approximate surface area is 63.3 Å². The Morgan fingerprint density at radius 1 is 1.30 bits per heavy atom. The number of rotatable bonds is 0. The molecule has 0 nitrogen and oxygen atoms in total. The highest BCUT2D eigenvalue weighted by molar-refractivity contribution is 5.00. The molecule has 0 aromatic rings. The van der Waals surface area contributed by atoms with Gasteiger partial charge in [0.15, 0.2) is 0 Å². The summed E-state index contributed by atoms with van der Waals surface area (Å²) in [6.07, 6.45) is 10.6. The summed E-state index contributed by atoms with van der Waals surface area (Å²) in [5, 5.41) is 0. The van der Waals surface area contributed by atoms with Crippen LogP contribution in [0.15, 0.2) is 12.2 Å². The molecule has 0 N–H and O–H groups in total. The lowest BCUT2D eigenvalue weighted by Gasteiger charge is -2.26. The molecule has 2 aliphatic rings. The molecule has 2 aliphatic carbocycles. The summed E-state index contributed by atoms with van der Waals surface area (Å²) < 4.78 is 0. The molecule has 3 unspecified atom stereocenters. The predicted octanol–water partition coefficient (Wildman–Crippen LogP) is 3.00. The molecule has 0 saturated heterocycles. The maximum absolute atomic E-state index is 2.41. The highest BCUT2D eigenvalue weighted by atomic mass is 14.4. The van der Waals surface area contributed by atoms with Crippen LogP contribution in [0.25, 0.3) is 0 Å². The maximum Gasteiger partial charge on any atom is -0.0231 e. The predicted molar refractivity (Wildman–Crippen MR) is 43.8 cm³/mol. The summed E-state index contributed by atoms with van der Waals surface area (Å²) in [7, 11) is 0. The van der Waals surface area contributed by atoms with Crippen molar-refractivity contribution < 1.29 is 0 Å². The first-order chi connectivity index (χ1) is 4.88. The van der Waals surface area contributed by atoms with Crippen LogP contribution in [0.5, 0.6) is 0 Å².